The molecule has 3 fully saturated rings. The molecular weight excluding hydrogens is 336 g/mol. The molecule has 150 valence electrons. The van der Waals surface area contributed by atoms with Crippen molar-refractivity contribution in [2.24, 2.45) is 11.8 Å². The van der Waals surface area contributed by atoms with Gasteiger partial charge in [0.15, 0.2) is 0 Å². The van der Waals surface area contributed by atoms with Crippen LogP contribution in [0.5, 0.6) is 5.75 Å². The monoisotopic (exact) mass is 372 g/mol. The van der Waals surface area contributed by atoms with Crippen molar-refractivity contribution in [3.63, 3.8) is 0 Å². The lowest BCUT2D eigenvalue weighted by Crippen LogP contribution is -2.30. The normalized spacial score (nSPS) is 29.1. The molecule has 2 heterocycles. The average Bonchev–Trinajstić information content (AvgIpc) is 3.20. The standard InChI is InChI=1S/C23H36N2O2/c26-22-14-20-17-25(18-21(20)15-22)16-19-6-8-23(9-7-19)27-13-5-4-12-24-10-2-1-3-11-24/h6-9,20-22,26H,1-5,10-18H2/t20-,21+,22?. The van der Waals surface area contributed by atoms with E-state index in [2.05, 4.69) is 34.1 Å². The van der Waals surface area contributed by atoms with Gasteiger partial charge in [-0.25, -0.2) is 0 Å². The highest BCUT2D eigenvalue weighted by Gasteiger charge is 2.39. The van der Waals surface area contributed by atoms with Crippen molar-refractivity contribution >= 4 is 0 Å². The molecule has 1 aliphatic carbocycles. The Morgan fingerprint density at radius 2 is 1.59 bits per heavy atom. The number of fused-ring (bicyclic) bond motifs is 1. The number of ether oxygens (including phenoxy) is 1. The SMILES string of the molecule is OC1C[C@@H]2CN(Cc3ccc(OCCCCN4CCCCC4)cc3)C[C@@H]2C1. The van der Waals surface area contributed by atoms with Crippen LogP contribution in [-0.2, 0) is 6.54 Å². The van der Waals surface area contributed by atoms with Crippen molar-refractivity contribution in [3.05, 3.63) is 29.8 Å². The number of unbranched alkanes of at least 4 members (excludes halogenated alkanes) is 1. The van der Waals surface area contributed by atoms with E-state index >= 15 is 0 Å². The van der Waals surface area contributed by atoms with Crippen LogP contribution in [0.1, 0.15) is 50.5 Å². The van der Waals surface area contributed by atoms with Gasteiger partial charge in [0, 0.05) is 19.6 Å². The highest BCUT2D eigenvalue weighted by atomic mass is 16.5. The van der Waals surface area contributed by atoms with Crippen molar-refractivity contribution in [3.8, 4) is 5.75 Å². The zero-order valence-corrected chi connectivity index (χ0v) is 16.7. The molecule has 3 aliphatic rings. The van der Waals surface area contributed by atoms with E-state index in [9.17, 15) is 5.11 Å². The van der Waals surface area contributed by atoms with E-state index < -0.39 is 0 Å². The van der Waals surface area contributed by atoms with Gasteiger partial charge in [-0.2, -0.15) is 0 Å². The van der Waals surface area contributed by atoms with Crippen molar-refractivity contribution in [1.82, 2.24) is 9.80 Å². The maximum absolute atomic E-state index is 9.78. The maximum Gasteiger partial charge on any atom is 0.119 e. The van der Waals surface area contributed by atoms with Crippen LogP contribution in [0.2, 0.25) is 0 Å². The van der Waals surface area contributed by atoms with Crippen LogP contribution in [0.4, 0.5) is 0 Å². The molecule has 0 bridgehead atoms. The van der Waals surface area contributed by atoms with E-state index in [1.54, 1.807) is 0 Å². The Morgan fingerprint density at radius 3 is 2.30 bits per heavy atom. The molecular formula is C23H36N2O2. The molecule has 27 heavy (non-hydrogen) atoms. The summed E-state index contributed by atoms with van der Waals surface area (Å²) in [6.45, 7) is 7.97. The van der Waals surface area contributed by atoms with Crippen molar-refractivity contribution < 1.29 is 9.84 Å². The van der Waals surface area contributed by atoms with E-state index in [4.69, 9.17) is 4.74 Å². The summed E-state index contributed by atoms with van der Waals surface area (Å²) in [6.07, 6.45) is 8.52. The lowest BCUT2D eigenvalue weighted by atomic mass is 10.0. The fourth-order valence-electron chi connectivity index (χ4n) is 5.25. The maximum atomic E-state index is 9.78. The molecule has 2 aliphatic heterocycles. The van der Waals surface area contributed by atoms with Crippen LogP contribution >= 0.6 is 0 Å². The average molecular weight is 373 g/mol. The second-order valence-electron chi connectivity index (χ2n) is 8.94. The van der Waals surface area contributed by atoms with Gasteiger partial charge in [0.05, 0.1) is 12.7 Å². The van der Waals surface area contributed by atoms with Gasteiger partial charge in [-0.3, -0.25) is 4.90 Å². The van der Waals surface area contributed by atoms with E-state index in [1.165, 1.54) is 50.9 Å². The van der Waals surface area contributed by atoms with E-state index in [0.29, 0.717) is 11.8 Å². The zero-order valence-electron chi connectivity index (χ0n) is 16.7. The van der Waals surface area contributed by atoms with E-state index in [0.717, 1.165) is 51.3 Å². The molecule has 0 radical (unpaired) electrons. The molecule has 0 spiro atoms. The molecule has 2 saturated heterocycles. The smallest absolute Gasteiger partial charge is 0.119 e. The Kier molecular flexibility index (Phi) is 6.69. The summed E-state index contributed by atoms with van der Waals surface area (Å²) < 4.78 is 5.93. The molecule has 1 aromatic carbocycles. The fourth-order valence-corrected chi connectivity index (χ4v) is 5.25. The zero-order chi connectivity index (χ0) is 18.5. The molecule has 1 aromatic rings. The summed E-state index contributed by atoms with van der Waals surface area (Å²) in [4.78, 5) is 5.16. The third-order valence-electron chi connectivity index (χ3n) is 6.72. The van der Waals surface area contributed by atoms with Gasteiger partial charge in [0.25, 0.3) is 0 Å². The minimum Gasteiger partial charge on any atom is -0.494 e. The first-order valence-corrected chi connectivity index (χ1v) is 11.1. The number of nitrogens with zero attached hydrogens (tertiary/aromatic N) is 2. The Labute approximate surface area is 164 Å². The second kappa shape index (κ2) is 9.40. The predicted octanol–water partition coefficient (Wildman–Crippen LogP) is 3.53. The first-order chi connectivity index (χ1) is 13.3. The lowest BCUT2D eigenvalue weighted by molar-refractivity contribution is 0.161. The number of benzene rings is 1. The Balaban J connectivity index is 1.12. The summed E-state index contributed by atoms with van der Waals surface area (Å²) in [5.41, 5.74) is 1.37. The van der Waals surface area contributed by atoms with Crippen LogP contribution in [-0.4, -0.2) is 60.3 Å². The Bertz CT molecular complexity index is 556. The Morgan fingerprint density at radius 1 is 0.889 bits per heavy atom. The number of likely N-dealkylation sites (tertiary alicyclic amines) is 2. The number of hydrogen-bond acceptors (Lipinski definition) is 4. The largest absolute Gasteiger partial charge is 0.494 e. The third-order valence-corrected chi connectivity index (χ3v) is 6.72. The number of aliphatic hydroxyl groups excluding tert-OH is 1. The molecule has 3 atom stereocenters. The summed E-state index contributed by atoms with van der Waals surface area (Å²) in [7, 11) is 0. The number of piperidine rings is 1. The molecule has 1 unspecified atom stereocenters. The minimum atomic E-state index is -0.0431. The molecule has 1 saturated carbocycles. The Hall–Kier alpha value is -1.10. The highest BCUT2D eigenvalue weighted by Crippen LogP contribution is 2.38. The number of rotatable bonds is 8. The van der Waals surface area contributed by atoms with Crippen LogP contribution in [0, 0.1) is 11.8 Å². The first kappa shape index (κ1) is 19.2. The van der Waals surface area contributed by atoms with Crippen molar-refractivity contribution in [2.75, 3.05) is 39.3 Å². The van der Waals surface area contributed by atoms with E-state index in [1.807, 2.05) is 0 Å². The minimum absolute atomic E-state index is 0.0431. The van der Waals surface area contributed by atoms with Crippen molar-refractivity contribution in [1.29, 1.82) is 0 Å². The van der Waals surface area contributed by atoms with Gasteiger partial charge < -0.3 is 14.7 Å². The summed E-state index contributed by atoms with van der Waals surface area (Å²) in [5, 5.41) is 9.78. The van der Waals surface area contributed by atoms with Gasteiger partial charge in [0.1, 0.15) is 5.75 Å². The summed E-state index contributed by atoms with van der Waals surface area (Å²) in [5.74, 6) is 2.43. The van der Waals surface area contributed by atoms with Gasteiger partial charge in [-0.15, -0.1) is 0 Å². The van der Waals surface area contributed by atoms with E-state index in [-0.39, 0.29) is 6.10 Å². The van der Waals surface area contributed by atoms with Gasteiger partial charge >= 0.3 is 0 Å². The predicted molar refractivity (Wildman–Crippen MR) is 109 cm³/mol. The first-order valence-electron chi connectivity index (χ1n) is 11.1. The van der Waals surface area contributed by atoms with Gasteiger partial charge in [-0.05, 0) is 87.7 Å². The van der Waals surface area contributed by atoms with Crippen LogP contribution < -0.4 is 4.74 Å². The topological polar surface area (TPSA) is 35.9 Å². The summed E-state index contributed by atoms with van der Waals surface area (Å²) >= 11 is 0. The molecule has 0 aromatic heterocycles. The number of aliphatic hydroxyl groups is 1. The van der Waals surface area contributed by atoms with Crippen LogP contribution in [0.25, 0.3) is 0 Å². The molecule has 4 nitrogen and oxygen atoms in total. The third kappa shape index (κ3) is 5.46. The second-order valence-corrected chi connectivity index (χ2v) is 8.94. The van der Waals surface area contributed by atoms with Crippen LogP contribution in [0.15, 0.2) is 24.3 Å². The van der Waals surface area contributed by atoms with Crippen LogP contribution in [0.3, 0.4) is 0 Å². The molecule has 1 N–H and O–H groups in total. The van der Waals surface area contributed by atoms with Crippen molar-refractivity contribution in [2.45, 2.75) is 57.6 Å². The highest BCUT2D eigenvalue weighted by molar-refractivity contribution is 5.27. The summed E-state index contributed by atoms with van der Waals surface area (Å²) in [6, 6.07) is 8.68. The number of hydrogen-bond donors (Lipinski definition) is 1. The van der Waals surface area contributed by atoms with Gasteiger partial charge in [-0.1, -0.05) is 18.6 Å². The molecule has 0 amide bonds. The van der Waals surface area contributed by atoms with Gasteiger partial charge in [0.2, 0.25) is 0 Å². The molecule has 4 rings (SSSR count). The molecule has 4 heteroatoms. The fraction of sp³-hybridized carbons (Fsp3) is 0.739. The quantitative estimate of drug-likeness (QED) is 0.708. The lowest BCUT2D eigenvalue weighted by Gasteiger charge is -2.26.